The van der Waals surface area contributed by atoms with Crippen LogP contribution in [0.5, 0.6) is 0 Å². The fraction of sp³-hybridized carbons (Fsp3) is 0.294. The first kappa shape index (κ1) is 18.2. The normalized spacial score (nSPS) is 10.6. The lowest BCUT2D eigenvalue weighted by molar-refractivity contribution is -0.121. The smallest absolute Gasteiger partial charge is 0.253 e. The van der Waals surface area contributed by atoms with E-state index in [1.54, 1.807) is 17.7 Å². The Balaban J connectivity index is 1.47. The molecule has 0 aliphatic heterocycles. The van der Waals surface area contributed by atoms with Crippen LogP contribution in [-0.2, 0) is 11.3 Å². The summed E-state index contributed by atoms with van der Waals surface area (Å²) < 4.78 is 2.93. The van der Waals surface area contributed by atoms with Gasteiger partial charge >= 0.3 is 0 Å². The van der Waals surface area contributed by atoms with Crippen LogP contribution in [0.4, 0.5) is 5.82 Å². The average Bonchev–Trinajstić information content (AvgIpc) is 3.08. The lowest BCUT2D eigenvalue weighted by atomic mass is 10.4. The largest absolute Gasteiger partial charge is 0.368 e. The molecule has 3 rings (SSSR count). The monoisotopic (exact) mass is 368 g/mol. The SMILES string of the molecule is Cc1cc(=O)n(CC(=O)NCCNc2cc(-n3ccc(C)n3)ncn2)cn1. The van der Waals surface area contributed by atoms with Crippen LogP contribution in [0.1, 0.15) is 11.4 Å². The quantitative estimate of drug-likeness (QED) is 0.566. The molecule has 0 atom stereocenters. The van der Waals surface area contributed by atoms with Crippen molar-refractivity contribution in [2.24, 2.45) is 0 Å². The summed E-state index contributed by atoms with van der Waals surface area (Å²) >= 11 is 0. The van der Waals surface area contributed by atoms with Gasteiger partial charge in [-0.05, 0) is 19.9 Å². The molecule has 0 fully saturated rings. The molecule has 27 heavy (non-hydrogen) atoms. The number of aryl methyl sites for hydroxylation is 2. The number of hydrogen-bond donors (Lipinski definition) is 2. The van der Waals surface area contributed by atoms with Crippen molar-refractivity contribution in [1.82, 2.24) is 34.6 Å². The maximum atomic E-state index is 11.9. The van der Waals surface area contributed by atoms with Gasteiger partial charge in [-0.2, -0.15) is 5.10 Å². The van der Waals surface area contributed by atoms with Gasteiger partial charge in [-0.1, -0.05) is 0 Å². The Morgan fingerprint density at radius 2 is 1.96 bits per heavy atom. The summed E-state index contributed by atoms with van der Waals surface area (Å²) in [6.07, 6.45) is 4.64. The maximum absolute atomic E-state index is 11.9. The van der Waals surface area contributed by atoms with Gasteiger partial charge in [0, 0.05) is 37.1 Å². The molecule has 0 aromatic carbocycles. The summed E-state index contributed by atoms with van der Waals surface area (Å²) in [7, 11) is 0. The predicted molar refractivity (Wildman–Crippen MR) is 98.6 cm³/mol. The van der Waals surface area contributed by atoms with Gasteiger partial charge in [0.05, 0.1) is 12.0 Å². The summed E-state index contributed by atoms with van der Waals surface area (Å²) in [5.74, 6) is 1.01. The number of nitrogens with one attached hydrogen (secondary N) is 2. The number of rotatable bonds is 7. The van der Waals surface area contributed by atoms with Gasteiger partial charge in [-0.25, -0.2) is 19.6 Å². The summed E-state index contributed by atoms with van der Waals surface area (Å²) in [6.45, 7) is 4.42. The minimum absolute atomic E-state index is 0.0670. The van der Waals surface area contributed by atoms with Crippen LogP contribution >= 0.6 is 0 Å². The summed E-state index contributed by atoms with van der Waals surface area (Å²) in [4.78, 5) is 36.0. The van der Waals surface area contributed by atoms with Crippen molar-refractivity contribution in [2.75, 3.05) is 18.4 Å². The molecule has 0 radical (unpaired) electrons. The van der Waals surface area contributed by atoms with Gasteiger partial charge in [0.25, 0.3) is 5.56 Å². The van der Waals surface area contributed by atoms with Crippen LogP contribution in [0.3, 0.4) is 0 Å². The molecule has 3 heterocycles. The van der Waals surface area contributed by atoms with Crippen LogP contribution in [0.15, 0.2) is 41.8 Å². The van der Waals surface area contributed by atoms with E-state index in [9.17, 15) is 9.59 Å². The number of carbonyl (C=O) groups is 1. The average molecular weight is 368 g/mol. The Hall–Kier alpha value is -3.56. The van der Waals surface area contributed by atoms with Crippen LogP contribution in [0.25, 0.3) is 5.82 Å². The molecular formula is C17H20N8O2. The van der Waals surface area contributed by atoms with Gasteiger partial charge in [0.15, 0.2) is 5.82 Å². The molecule has 2 N–H and O–H groups in total. The molecule has 10 nitrogen and oxygen atoms in total. The first-order chi connectivity index (χ1) is 13.0. The first-order valence-corrected chi connectivity index (χ1v) is 8.39. The molecule has 0 saturated carbocycles. The second kappa shape index (κ2) is 8.21. The van der Waals surface area contributed by atoms with Crippen LogP contribution < -0.4 is 16.2 Å². The number of hydrogen-bond acceptors (Lipinski definition) is 7. The van der Waals surface area contributed by atoms with E-state index in [4.69, 9.17) is 0 Å². The minimum Gasteiger partial charge on any atom is -0.368 e. The lowest BCUT2D eigenvalue weighted by Crippen LogP contribution is -2.34. The van der Waals surface area contributed by atoms with Crippen molar-refractivity contribution >= 4 is 11.7 Å². The Morgan fingerprint density at radius 1 is 1.11 bits per heavy atom. The van der Waals surface area contributed by atoms with E-state index >= 15 is 0 Å². The number of aromatic nitrogens is 6. The fourth-order valence-corrected chi connectivity index (χ4v) is 2.35. The minimum atomic E-state index is -0.264. The zero-order valence-corrected chi connectivity index (χ0v) is 15.1. The molecule has 0 spiro atoms. The van der Waals surface area contributed by atoms with Gasteiger partial charge in [-0.15, -0.1) is 0 Å². The third-order valence-corrected chi connectivity index (χ3v) is 3.69. The zero-order valence-electron chi connectivity index (χ0n) is 15.1. The second-order valence-electron chi connectivity index (χ2n) is 5.94. The molecule has 0 unspecified atom stereocenters. The molecular weight excluding hydrogens is 348 g/mol. The Labute approximate surface area is 155 Å². The van der Waals surface area contributed by atoms with E-state index in [2.05, 4.69) is 30.7 Å². The topological polar surface area (TPSA) is 120 Å². The number of nitrogens with zero attached hydrogens (tertiary/aromatic N) is 6. The highest BCUT2D eigenvalue weighted by Crippen LogP contribution is 2.08. The Bertz CT molecular complexity index is 994. The number of amides is 1. The third kappa shape index (κ3) is 4.97. The van der Waals surface area contributed by atoms with Crippen molar-refractivity contribution in [3.63, 3.8) is 0 Å². The molecule has 1 amide bonds. The van der Waals surface area contributed by atoms with Crippen molar-refractivity contribution in [1.29, 1.82) is 0 Å². The van der Waals surface area contributed by atoms with E-state index in [0.29, 0.717) is 30.4 Å². The molecule has 0 bridgehead atoms. The van der Waals surface area contributed by atoms with Gasteiger partial charge in [0.1, 0.15) is 18.7 Å². The third-order valence-electron chi connectivity index (χ3n) is 3.69. The highest BCUT2D eigenvalue weighted by Gasteiger charge is 2.05. The molecule has 0 aliphatic rings. The number of anilines is 1. The highest BCUT2D eigenvalue weighted by atomic mass is 16.2. The zero-order chi connectivity index (χ0) is 19.2. The van der Waals surface area contributed by atoms with Crippen molar-refractivity contribution < 1.29 is 4.79 Å². The number of carbonyl (C=O) groups excluding carboxylic acids is 1. The van der Waals surface area contributed by atoms with Crippen LogP contribution in [-0.4, -0.2) is 48.3 Å². The first-order valence-electron chi connectivity index (χ1n) is 8.39. The Kier molecular flexibility index (Phi) is 5.55. The van der Waals surface area contributed by atoms with Crippen LogP contribution in [0.2, 0.25) is 0 Å². The molecule has 0 saturated heterocycles. The summed E-state index contributed by atoms with van der Waals surface area (Å²) in [5, 5.41) is 10.2. The maximum Gasteiger partial charge on any atom is 0.253 e. The molecule has 10 heteroatoms. The van der Waals surface area contributed by atoms with E-state index in [-0.39, 0.29) is 18.0 Å². The standard InChI is InChI=1S/C17H20N8O2/c1-12-3-6-25(23-12)15-8-14(20-10-21-15)18-4-5-19-16(26)9-24-11-22-13(2)7-17(24)27/h3,6-8,10-11H,4-5,9H2,1-2H3,(H,19,26)(H,18,20,21). The van der Waals surface area contributed by atoms with E-state index in [0.717, 1.165) is 5.69 Å². The molecule has 3 aromatic heterocycles. The summed E-state index contributed by atoms with van der Waals surface area (Å²) in [6, 6.07) is 5.05. The van der Waals surface area contributed by atoms with Crippen molar-refractivity contribution in [3.8, 4) is 5.82 Å². The fourth-order valence-electron chi connectivity index (χ4n) is 2.35. The van der Waals surface area contributed by atoms with Gasteiger partial charge in [0.2, 0.25) is 5.91 Å². The van der Waals surface area contributed by atoms with Gasteiger partial charge in [-0.3, -0.25) is 14.2 Å². The van der Waals surface area contributed by atoms with Crippen molar-refractivity contribution in [2.45, 2.75) is 20.4 Å². The van der Waals surface area contributed by atoms with E-state index < -0.39 is 0 Å². The summed E-state index contributed by atoms with van der Waals surface area (Å²) in [5.41, 5.74) is 1.27. The highest BCUT2D eigenvalue weighted by molar-refractivity contribution is 5.75. The van der Waals surface area contributed by atoms with E-state index in [1.165, 1.54) is 23.3 Å². The second-order valence-corrected chi connectivity index (χ2v) is 5.94. The van der Waals surface area contributed by atoms with Crippen LogP contribution in [0, 0.1) is 13.8 Å². The molecule has 140 valence electrons. The molecule has 3 aromatic rings. The predicted octanol–water partition coefficient (Wildman–Crippen LogP) is 0.0641. The van der Waals surface area contributed by atoms with Gasteiger partial charge < -0.3 is 10.6 Å². The molecule has 0 aliphatic carbocycles. The van der Waals surface area contributed by atoms with Crippen molar-refractivity contribution in [3.05, 3.63) is 58.8 Å². The van der Waals surface area contributed by atoms with E-state index in [1.807, 2.05) is 19.2 Å². The lowest BCUT2D eigenvalue weighted by Gasteiger charge is -2.09. The Morgan fingerprint density at radius 3 is 2.70 bits per heavy atom.